The number of carbonyl (C=O) groups is 1. The van der Waals surface area contributed by atoms with E-state index in [1.165, 1.54) is 36.5 Å². The molecule has 118 valence electrons. The minimum absolute atomic E-state index is 0.284. The summed E-state index contributed by atoms with van der Waals surface area (Å²) < 4.78 is 4.88. The van der Waals surface area contributed by atoms with Crippen molar-refractivity contribution in [2.24, 2.45) is 11.8 Å². The van der Waals surface area contributed by atoms with Gasteiger partial charge in [0.15, 0.2) is 0 Å². The molecule has 22 heavy (non-hydrogen) atoms. The van der Waals surface area contributed by atoms with E-state index in [1.54, 1.807) is 6.92 Å². The molecule has 2 aliphatic rings. The van der Waals surface area contributed by atoms with Crippen LogP contribution in [0.2, 0.25) is 0 Å². The van der Waals surface area contributed by atoms with Gasteiger partial charge in [-0.15, -0.1) is 0 Å². The van der Waals surface area contributed by atoms with Gasteiger partial charge in [0.2, 0.25) is 0 Å². The maximum Gasteiger partial charge on any atom is 0.330 e. The molecule has 0 spiro atoms. The van der Waals surface area contributed by atoms with Gasteiger partial charge >= 0.3 is 5.97 Å². The van der Waals surface area contributed by atoms with Crippen LogP contribution in [-0.2, 0) is 9.53 Å². The molecule has 0 aromatic rings. The second-order valence-corrected chi connectivity index (χ2v) is 6.18. The van der Waals surface area contributed by atoms with E-state index in [0.717, 1.165) is 17.4 Å². The van der Waals surface area contributed by atoms with Crippen molar-refractivity contribution in [2.75, 3.05) is 6.61 Å². The third kappa shape index (κ3) is 4.87. The molecule has 0 aliphatic heterocycles. The van der Waals surface area contributed by atoms with Crippen molar-refractivity contribution in [3.05, 3.63) is 59.3 Å². The van der Waals surface area contributed by atoms with Gasteiger partial charge in [-0.25, -0.2) is 4.79 Å². The Morgan fingerprint density at radius 1 is 1.27 bits per heavy atom. The number of hydrogen-bond donors (Lipinski definition) is 0. The van der Waals surface area contributed by atoms with E-state index in [1.807, 2.05) is 19.1 Å². The summed E-state index contributed by atoms with van der Waals surface area (Å²) in [6.07, 6.45) is 18.5. The highest BCUT2D eigenvalue weighted by Gasteiger charge is 2.31. The van der Waals surface area contributed by atoms with Crippen LogP contribution >= 0.6 is 0 Å². The molecule has 0 radical (unpaired) electrons. The molecule has 0 amide bonds. The molecule has 0 N–H and O–H groups in total. The summed E-state index contributed by atoms with van der Waals surface area (Å²) in [6, 6.07) is 0. The first-order valence-corrected chi connectivity index (χ1v) is 8.18. The second kappa shape index (κ2) is 7.98. The van der Waals surface area contributed by atoms with Crippen molar-refractivity contribution in [1.82, 2.24) is 0 Å². The summed E-state index contributed by atoms with van der Waals surface area (Å²) in [7, 11) is 0. The Balaban J connectivity index is 1.86. The van der Waals surface area contributed by atoms with Crippen molar-refractivity contribution < 1.29 is 9.53 Å². The number of fused-ring (bicyclic) bond motifs is 2. The first-order valence-electron chi connectivity index (χ1n) is 8.18. The highest BCUT2D eigenvalue weighted by molar-refractivity contribution is 5.83. The average Bonchev–Trinajstić information content (AvgIpc) is 3.07. The quantitative estimate of drug-likeness (QED) is 0.395. The van der Waals surface area contributed by atoms with Gasteiger partial charge in [-0.2, -0.15) is 0 Å². The fourth-order valence-corrected chi connectivity index (χ4v) is 3.12. The van der Waals surface area contributed by atoms with E-state index in [2.05, 4.69) is 31.2 Å². The van der Waals surface area contributed by atoms with Crippen molar-refractivity contribution in [3.63, 3.8) is 0 Å². The molecule has 0 aromatic heterocycles. The van der Waals surface area contributed by atoms with Crippen LogP contribution in [0.3, 0.4) is 0 Å². The highest BCUT2D eigenvalue weighted by atomic mass is 16.5. The lowest BCUT2D eigenvalue weighted by atomic mass is 9.97. The summed E-state index contributed by atoms with van der Waals surface area (Å²) in [5.74, 6) is 1.36. The molecular formula is C20H26O2. The van der Waals surface area contributed by atoms with Gasteiger partial charge in [0, 0.05) is 6.08 Å². The molecule has 2 nitrogen and oxygen atoms in total. The van der Waals surface area contributed by atoms with Crippen LogP contribution in [0.1, 0.15) is 40.0 Å². The maximum atomic E-state index is 11.3. The van der Waals surface area contributed by atoms with Gasteiger partial charge in [0.1, 0.15) is 0 Å². The molecule has 2 unspecified atom stereocenters. The van der Waals surface area contributed by atoms with Crippen LogP contribution in [0.15, 0.2) is 59.3 Å². The van der Waals surface area contributed by atoms with Crippen LogP contribution in [-0.4, -0.2) is 12.6 Å². The lowest BCUT2D eigenvalue weighted by Crippen LogP contribution is -1.99. The normalized spacial score (nSPS) is 25.3. The van der Waals surface area contributed by atoms with E-state index in [9.17, 15) is 4.79 Å². The van der Waals surface area contributed by atoms with Crippen LogP contribution in [0.4, 0.5) is 0 Å². The van der Waals surface area contributed by atoms with Crippen LogP contribution in [0.25, 0.3) is 0 Å². The zero-order chi connectivity index (χ0) is 15.9. The van der Waals surface area contributed by atoms with Gasteiger partial charge in [0.25, 0.3) is 0 Å². The predicted molar refractivity (Wildman–Crippen MR) is 91.3 cm³/mol. The molecule has 0 aromatic carbocycles. The molecule has 2 heteroatoms. The summed E-state index contributed by atoms with van der Waals surface area (Å²) >= 11 is 0. The van der Waals surface area contributed by atoms with E-state index in [-0.39, 0.29) is 5.97 Å². The van der Waals surface area contributed by atoms with Crippen molar-refractivity contribution in [1.29, 1.82) is 0 Å². The lowest BCUT2D eigenvalue weighted by Gasteiger charge is -2.08. The highest BCUT2D eigenvalue weighted by Crippen LogP contribution is 2.44. The van der Waals surface area contributed by atoms with E-state index in [0.29, 0.717) is 6.61 Å². The Morgan fingerprint density at radius 3 is 2.73 bits per heavy atom. The van der Waals surface area contributed by atoms with Crippen molar-refractivity contribution in [2.45, 2.75) is 40.0 Å². The molecule has 2 bridgehead atoms. The number of rotatable bonds is 6. The number of allylic oxidation sites excluding steroid dienone is 9. The maximum absolute atomic E-state index is 11.3. The lowest BCUT2D eigenvalue weighted by molar-refractivity contribution is -0.137. The molecule has 0 saturated heterocycles. The fraction of sp³-hybridized carbons (Fsp3) is 0.450. The summed E-state index contributed by atoms with van der Waals surface area (Å²) in [4.78, 5) is 11.3. The monoisotopic (exact) mass is 298 g/mol. The van der Waals surface area contributed by atoms with E-state index < -0.39 is 0 Å². The Labute approximate surface area is 133 Å². The van der Waals surface area contributed by atoms with Gasteiger partial charge in [0.05, 0.1) is 6.61 Å². The largest absolute Gasteiger partial charge is 0.463 e. The molecule has 0 heterocycles. The fourth-order valence-electron chi connectivity index (χ4n) is 3.12. The number of carbonyl (C=O) groups excluding carboxylic acids is 1. The van der Waals surface area contributed by atoms with Crippen LogP contribution < -0.4 is 0 Å². The number of hydrogen-bond acceptors (Lipinski definition) is 2. The molecule has 2 aliphatic carbocycles. The van der Waals surface area contributed by atoms with Gasteiger partial charge < -0.3 is 4.74 Å². The zero-order valence-electron chi connectivity index (χ0n) is 13.8. The number of esters is 1. The Morgan fingerprint density at radius 2 is 2.09 bits per heavy atom. The topological polar surface area (TPSA) is 26.3 Å². The summed E-state index contributed by atoms with van der Waals surface area (Å²) in [5.41, 5.74) is 3.62. The number of ether oxygens (including phenoxy) is 1. The standard InChI is InChI=1S/C20H26O2/c1-4-22-20(21)12-16(3)7-5-6-15(2)8-10-18-13-17-9-11-19(18)14-17/h5-8,10,12-13,17,19H,4,9,11,14H2,1-3H3/b7-5+,10-8+,15-6+,16-12+. The zero-order valence-corrected chi connectivity index (χ0v) is 13.8. The summed E-state index contributed by atoms with van der Waals surface area (Å²) in [5, 5.41) is 0. The molecule has 2 atom stereocenters. The third-order valence-corrected chi connectivity index (χ3v) is 4.26. The first kappa shape index (κ1) is 16.5. The average molecular weight is 298 g/mol. The van der Waals surface area contributed by atoms with Crippen LogP contribution in [0.5, 0.6) is 0 Å². The Kier molecular flexibility index (Phi) is 6.00. The van der Waals surface area contributed by atoms with Crippen LogP contribution in [0, 0.1) is 11.8 Å². The predicted octanol–water partition coefficient (Wildman–Crippen LogP) is 4.91. The first-order chi connectivity index (χ1) is 10.6. The van der Waals surface area contributed by atoms with Crippen molar-refractivity contribution in [3.8, 4) is 0 Å². The molecule has 2 rings (SSSR count). The van der Waals surface area contributed by atoms with Gasteiger partial charge in [-0.3, -0.25) is 0 Å². The van der Waals surface area contributed by atoms with Gasteiger partial charge in [-0.05, 0) is 63.0 Å². The van der Waals surface area contributed by atoms with Gasteiger partial charge in [-0.1, -0.05) is 42.0 Å². The van der Waals surface area contributed by atoms with Crippen molar-refractivity contribution >= 4 is 5.97 Å². The molecule has 1 saturated carbocycles. The second-order valence-electron chi connectivity index (χ2n) is 6.18. The Hall–Kier alpha value is -1.83. The Bertz CT molecular complexity index is 558. The smallest absolute Gasteiger partial charge is 0.330 e. The minimum atomic E-state index is -0.284. The van der Waals surface area contributed by atoms with E-state index >= 15 is 0 Å². The molecular weight excluding hydrogens is 272 g/mol. The summed E-state index contributed by atoms with van der Waals surface area (Å²) in [6.45, 7) is 6.21. The van der Waals surface area contributed by atoms with E-state index in [4.69, 9.17) is 4.74 Å². The minimum Gasteiger partial charge on any atom is -0.463 e. The molecule has 1 fully saturated rings. The SMILES string of the molecule is CCOC(=O)/C=C(C)/C=C/C=C(C)/C=C/C1=CC2CCC1C2. The third-order valence-electron chi connectivity index (χ3n) is 4.26.